The van der Waals surface area contributed by atoms with Crippen molar-refractivity contribution in [3.63, 3.8) is 0 Å². The van der Waals surface area contributed by atoms with Crippen LogP contribution in [0, 0.1) is 5.82 Å². The highest BCUT2D eigenvalue weighted by molar-refractivity contribution is 7.80. The Morgan fingerprint density at radius 3 is 2.33 bits per heavy atom. The summed E-state index contributed by atoms with van der Waals surface area (Å²) < 4.78 is 13.3. The first-order valence-corrected chi connectivity index (χ1v) is 6.91. The van der Waals surface area contributed by atoms with Gasteiger partial charge in [0.15, 0.2) is 0 Å². The summed E-state index contributed by atoms with van der Waals surface area (Å²) in [4.78, 5) is 14.3. The summed E-state index contributed by atoms with van der Waals surface area (Å²) in [7, 11) is 0. The van der Waals surface area contributed by atoms with Crippen molar-refractivity contribution < 1.29 is 9.18 Å². The maximum absolute atomic E-state index is 13.3. The summed E-state index contributed by atoms with van der Waals surface area (Å²) >= 11 is 4.88. The molecule has 3 nitrogen and oxygen atoms in total. The molecule has 0 aliphatic heterocycles. The normalized spacial score (nSPS) is 10.2. The van der Waals surface area contributed by atoms with Crippen LogP contribution in [0.15, 0.2) is 48.5 Å². The van der Waals surface area contributed by atoms with Gasteiger partial charge in [-0.2, -0.15) is 0 Å². The number of hydrogen-bond donors (Lipinski definition) is 1. The number of carbonyl (C=O) groups excluding carboxylic acids is 1. The van der Waals surface area contributed by atoms with Gasteiger partial charge in [-0.1, -0.05) is 30.4 Å². The molecule has 108 valence electrons. The molecule has 2 rings (SSSR count). The van der Waals surface area contributed by atoms with Crippen molar-refractivity contribution in [2.45, 2.75) is 6.92 Å². The molecule has 0 fully saturated rings. The second-order valence-corrected chi connectivity index (χ2v) is 4.91. The zero-order chi connectivity index (χ0) is 15.4. The Hall–Kier alpha value is -2.27. The molecular formula is C16H15FN2OS. The van der Waals surface area contributed by atoms with Gasteiger partial charge < -0.3 is 10.6 Å². The van der Waals surface area contributed by atoms with Crippen molar-refractivity contribution in [3.8, 4) is 0 Å². The third-order valence-corrected chi connectivity index (χ3v) is 3.33. The molecule has 2 N–H and O–H groups in total. The molecule has 0 aliphatic carbocycles. The van der Waals surface area contributed by atoms with Crippen molar-refractivity contribution in [1.29, 1.82) is 0 Å². The number of nitrogens with zero attached hydrogens (tertiary/aromatic N) is 1. The van der Waals surface area contributed by atoms with Gasteiger partial charge in [0.2, 0.25) is 0 Å². The molecule has 2 aromatic rings. The van der Waals surface area contributed by atoms with Crippen LogP contribution in [0.25, 0.3) is 0 Å². The predicted octanol–water partition coefficient (Wildman–Crippen LogP) is 3.13. The number of benzene rings is 2. The Balaban J connectivity index is 2.30. The van der Waals surface area contributed by atoms with E-state index in [0.29, 0.717) is 23.4 Å². The second kappa shape index (κ2) is 6.45. The first kappa shape index (κ1) is 15.1. The summed E-state index contributed by atoms with van der Waals surface area (Å²) in [5.74, 6) is -0.569. The fourth-order valence-corrected chi connectivity index (χ4v) is 2.16. The number of hydrogen-bond acceptors (Lipinski definition) is 2. The van der Waals surface area contributed by atoms with Crippen molar-refractivity contribution in [3.05, 3.63) is 65.5 Å². The van der Waals surface area contributed by atoms with E-state index in [1.54, 1.807) is 36.4 Å². The Morgan fingerprint density at radius 1 is 1.19 bits per heavy atom. The molecule has 0 saturated carbocycles. The topological polar surface area (TPSA) is 46.3 Å². The summed E-state index contributed by atoms with van der Waals surface area (Å²) in [6.45, 7) is 2.28. The summed E-state index contributed by atoms with van der Waals surface area (Å²) in [6.07, 6.45) is 0. The lowest BCUT2D eigenvalue weighted by molar-refractivity contribution is 0.0988. The van der Waals surface area contributed by atoms with Crippen LogP contribution in [-0.4, -0.2) is 17.4 Å². The molecule has 0 heterocycles. The maximum Gasteiger partial charge on any atom is 0.258 e. The lowest BCUT2D eigenvalue weighted by Crippen LogP contribution is -2.30. The quantitative estimate of drug-likeness (QED) is 0.883. The van der Waals surface area contributed by atoms with Crippen molar-refractivity contribution in [2.75, 3.05) is 11.4 Å². The van der Waals surface area contributed by atoms with Crippen molar-refractivity contribution in [1.82, 2.24) is 0 Å². The molecule has 0 radical (unpaired) electrons. The molecule has 2 aromatic carbocycles. The molecule has 1 amide bonds. The fourth-order valence-electron chi connectivity index (χ4n) is 2.02. The van der Waals surface area contributed by atoms with Gasteiger partial charge in [-0.05, 0) is 37.3 Å². The highest BCUT2D eigenvalue weighted by atomic mass is 32.1. The van der Waals surface area contributed by atoms with E-state index in [0.717, 1.165) is 0 Å². The van der Waals surface area contributed by atoms with Crippen LogP contribution in [0.3, 0.4) is 0 Å². The predicted molar refractivity (Wildman–Crippen MR) is 86.1 cm³/mol. The maximum atomic E-state index is 13.3. The molecule has 0 aliphatic rings. The monoisotopic (exact) mass is 302 g/mol. The van der Waals surface area contributed by atoms with Crippen molar-refractivity contribution >= 4 is 28.8 Å². The largest absolute Gasteiger partial charge is 0.389 e. The number of anilines is 1. The van der Waals surface area contributed by atoms with Gasteiger partial charge in [-0.15, -0.1) is 0 Å². The minimum absolute atomic E-state index is 0.197. The molecule has 21 heavy (non-hydrogen) atoms. The molecule has 0 atom stereocenters. The molecule has 0 spiro atoms. The number of amides is 1. The van der Waals surface area contributed by atoms with Crippen LogP contribution >= 0.6 is 12.2 Å². The van der Waals surface area contributed by atoms with Crippen LogP contribution in [0.4, 0.5) is 10.1 Å². The Bertz CT molecular complexity index is 670. The molecular weight excluding hydrogens is 287 g/mol. The third kappa shape index (κ3) is 3.44. The van der Waals surface area contributed by atoms with E-state index in [4.69, 9.17) is 18.0 Å². The van der Waals surface area contributed by atoms with Gasteiger partial charge in [0.1, 0.15) is 10.8 Å². The third-order valence-electron chi connectivity index (χ3n) is 3.10. The van der Waals surface area contributed by atoms with Crippen LogP contribution in [0.2, 0.25) is 0 Å². The van der Waals surface area contributed by atoms with Crippen molar-refractivity contribution in [2.24, 2.45) is 5.73 Å². The number of thiocarbonyl (C=S) groups is 1. The van der Waals surface area contributed by atoms with Gasteiger partial charge in [-0.3, -0.25) is 4.79 Å². The number of carbonyl (C=O) groups is 1. The Kier molecular flexibility index (Phi) is 4.65. The lowest BCUT2D eigenvalue weighted by Gasteiger charge is -2.21. The minimum atomic E-state index is -0.373. The average molecular weight is 302 g/mol. The van der Waals surface area contributed by atoms with E-state index in [1.165, 1.54) is 17.0 Å². The zero-order valence-corrected chi connectivity index (χ0v) is 12.4. The SMILES string of the molecule is CCN(C(=O)c1ccc(C(N)=S)cc1)c1cccc(F)c1. The molecule has 0 saturated heterocycles. The van der Waals surface area contributed by atoms with E-state index >= 15 is 0 Å². The highest BCUT2D eigenvalue weighted by Crippen LogP contribution is 2.18. The van der Waals surface area contributed by atoms with Gasteiger partial charge in [0, 0.05) is 23.4 Å². The fraction of sp³-hybridized carbons (Fsp3) is 0.125. The van der Waals surface area contributed by atoms with Gasteiger partial charge in [-0.25, -0.2) is 4.39 Å². The standard InChI is InChI=1S/C16H15FN2OS/c1-2-19(14-5-3-4-13(17)10-14)16(20)12-8-6-11(7-9-12)15(18)21/h3-10H,2H2,1H3,(H2,18,21). The Labute approximate surface area is 128 Å². The number of halogens is 1. The van der Waals surface area contributed by atoms with E-state index < -0.39 is 0 Å². The minimum Gasteiger partial charge on any atom is -0.389 e. The highest BCUT2D eigenvalue weighted by Gasteiger charge is 2.16. The van der Waals surface area contributed by atoms with E-state index in [-0.39, 0.29) is 16.7 Å². The Morgan fingerprint density at radius 2 is 1.81 bits per heavy atom. The van der Waals surface area contributed by atoms with Gasteiger partial charge in [0.25, 0.3) is 5.91 Å². The molecule has 5 heteroatoms. The molecule has 0 aromatic heterocycles. The van der Waals surface area contributed by atoms with Crippen LogP contribution in [-0.2, 0) is 0 Å². The number of nitrogens with two attached hydrogens (primary N) is 1. The first-order valence-electron chi connectivity index (χ1n) is 6.50. The first-order chi connectivity index (χ1) is 10.0. The smallest absolute Gasteiger partial charge is 0.258 e. The number of rotatable bonds is 4. The second-order valence-electron chi connectivity index (χ2n) is 4.47. The summed E-state index contributed by atoms with van der Waals surface area (Å²) in [5, 5.41) is 0. The van der Waals surface area contributed by atoms with Crippen LogP contribution in [0.5, 0.6) is 0 Å². The van der Waals surface area contributed by atoms with Crippen LogP contribution in [0.1, 0.15) is 22.8 Å². The van der Waals surface area contributed by atoms with E-state index in [9.17, 15) is 9.18 Å². The van der Waals surface area contributed by atoms with Gasteiger partial charge in [0.05, 0.1) is 0 Å². The zero-order valence-electron chi connectivity index (χ0n) is 11.5. The lowest BCUT2D eigenvalue weighted by atomic mass is 10.1. The van der Waals surface area contributed by atoms with Gasteiger partial charge >= 0.3 is 0 Å². The van der Waals surface area contributed by atoms with E-state index in [1.807, 2.05) is 6.92 Å². The van der Waals surface area contributed by atoms with E-state index in [2.05, 4.69) is 0 Å². The summed E-state index contributed by atoms with van der Waals surface area (Å²) in [5.41, 5.74) is 7.26. The molecule has 0 bridgehead atoms. The van der Waals surface area contributed by atoms with Crippen LogP contribution < -0.4 is 10.6 Å². The summed E-state index contributed by atoms with van der Waals surface area (Å²) in [6, 6.07) is 12.7. The average Bonchev–Trinajstić information content (AvgIpc) is 2.48. The molecule has 0 unspecified atom stereocenters.